The van der Waals surface area contributed by atoms with Crippen molar-refractivity contribution >= 4 is 15.9 Å². The first-order chi connectivity index (χ1) is 7.15. The Morgan fingerprint density at radius 1 is 1.47 bits per heavy atom. The van der Waals surface area contributed by atoms with Crippen LogP contribution >= 0.6 is 15.9 Å². The summed E-state index contributed by atoms with van der Waals surface area (Å²) in [6.07, 6.45) is 2.52. The van der Waals surface area contributed by atoms with E-state index in [9.17, 15) is 5.11 Å². The molecule has 0 saturated heterocycles. The predicted molar refractivity (Wildman–Crippen MR) is 64.8 cm³/mol. The summed E-state index contributed by atoms with van der Waals surface area (Å²) in [5.74, 6) is 1.23. The molecule has 0 aliphatic heterocycles. The number of halogens is 1. The zero-order valence-electron chi connectivity index (χ0n) is 8.83. The molecule has 0 aromatic heterocycles. The maximum Gasteiger partial charge on any atom is 0.120 e. The second kappa shape index (κ2) is 4.54. The Kier molecular flexibility index (Phi) is 3.32. The summed E-state index contributed by atoms with van der Waals surface area (Å²) < 4.78 is 1.01. The van der Waals surface area contributed by atoms with Crippen molar-refractivity contribution in [2.45, 2.75) is 32.4 Å². The molecule has 2 N–H and O–H groups in total. The van der Waals surface area contributed by atoms with Crippen molar-refractivity contribution in [1.29, 1.82) is 0 Å². The van der Waals surface area contributed by atoms with Crippen LogP contribution in [0.4, 0.5) is 0 Å². The van der Waals surface area contributed by atoms with E-state index in [0.717, 1.165) is 22.5 Å². The largest absolute Gasteiger partial charge is 0.508 e. The summed E-state index contributed by atoms with van der Waals surface area (Å²) in [7, 11) is 0. The van der Waals surface area contributed by atoms with Crippen LogP contribution in [-0.2, 0) is 6.54 Å². The van der Waals surface area contributed by atoms with Crippen molar-refractivity contribution in [2.75, 3.05) is 0 Å². The van der Waals surface area contributed by atoms with Gasteiger partial charge < -0.3 is 10.4 Å². The highest BCUT2D eigenvalue weighted by atomic mass is 79.9. The van der Waals surface area contributed by atoms with Gasteiger partial charge in [-0.25, -0.2) is 0 Å². The standard InChI is InChI=1S/C12H16BrNO/c1-8-4-11(5-8)14-7-9-6-10(13)2-3-12(9)15/h2-3,6,8,11,14-15H,4-5,7H2,1H3. The molecule has 15 heavy (non-hydrogen) atoms. The van der Waals surface area contributed by atoms with Crippen LogP contribution in [0.3, 0.4) is 0 Å². The highest BCUT2D eigenvalue weighted by Crippen LogP contribution is 2.27. The van der Waals surface area contributed by atoms with Gasteiger partial charge in [0.15, 0.2) is 0 Å². The van der Waals surface area contributed by atoms with Crippen LogP contribution in [0, 0.1) is 5.92 Å². The van der Waals surface area contributed by atoms with E-state index in [0.29, 0.717) is 11.8 Å². The first-order valence-electron chi connectivity index (χ1n) is 5.36. The molecule has 2 nitrogen and oxygen atoms in total. The third-order valence-corrected chi connectivity index (χ3v) is 3.49. The van der Waals surface area contributed by atoms with Crippen LogP contribution in [0.2, 0.25) is 0 Å². The van der Waals surface area contributed by atoms with Gasteiger partial charge in [-0.1, -0.05) is 22.9 Å². The number of rotatable bonds is 3. The van der Waals surface area contributed by atoms with Crippen molar-refractivity contribution in [1.82, 2.24) is 5.32 Å². The summed E-state index contributed by atoms with van der Waals surface area (Å²) in [6, 6.07) is 6.18. The van der Waals surface area contributed by atoms with Gasteiger partial charge in [0.1, 0.15) is 5.75 Å². The first kappa shape index (κ1) is 11.0. The average molecular weight is 270 g/mol. The van der Waals surface area contributed by atoms with E-state index in [2.05, 4.69) is 28.2 Å². The molecule has 0 bridgehead atoms. The second-order valence-corrected chi connectivity index (χ2v) is 5.34. The van der Waals surface area contributed by atoms with Gasteiger partial charge in [-0.2, -0.15) is 0 Å². The van der Waals surface area contributed by atoms with Gasteiger partial charge in [0.2, 0.25) is 0 Å². The summed E-state index contributed by atoms with van der Waals surface area (Å²) in [5.41, 5.74) is 0.962. The zero-order chi connectivity index (χ0) is 10.8. The topological polar surface area (TPSA) is 32.3 Å². The summed E-state index contributed by atoms with van der Waals surface area (Å²) >= 11 is 3.41. The minimum atomic E-state index is 0.373. The van der Waals surface area contributed by atoms with Gasteiger partial charge in [-0.3, -0.25) is 0 Å². The number of nitrogens with one attached hydrogen (secondary N) is 1. The lowest BCUT2D eigenvalue weighted by Gasteiger charge is -2.33. The summed E-state index contributed by atoms with van der Waals surface area (Å²) in [6.45, 7) is 3.03. The summed E-state index contributed by atoms with van der Waals surface area (Å²) in [4.78, 5) is 0. The molecule has 0 heterocycles. The number of hydrogen-bond acceptors (Lipinski definition) is 2. The lowest BCUT2D eigenvalue weighted by Crippen LogP contribution is -2.39. The Labute approximate surface area is 98.8 Å². The molecular formula is C12H16BrNO. The smallest absolute Gasteiger partial charge is 0.120 e. The van der Waals surface area contributed by atoms with Gasteiger partial charge in [0.25, 0.3) is 0 Å². The highest BCUT2D eigenvalue weighted by Gasteiger charge is 2.24. The van der Waals surface area contributed by atoms with E-state index >= 15 is 0 Å². The van der Waals surface area contributed by atoms with Crippen molar-refractivity contribution in [2.24, 2.45) is 5.92 Å². The van der Waals surface area contributed by atoms with E-state index in [1.165, 1.54) is 12.8 Å². The van der Waals surface area contributed by atoms with Crippen LogP contribution in [0.1, 0.15) is 25.3 Å². The molecule has 1 saturated carbocycles. The molecule has 0 spiro atoms. The van der Waals surface area contributed by atoms with E-state index in [-0.39, 0.29) is 0 Å². The molecular weight excluding hydrogens is 254 g/mol. The second-order valence-electron chi connectivity index (χ2n) is 4.43. The Morgan fingerprint density at radius 2 is 2.20 bits per heavy atom. The van der Waals surface area contributed by atoms with Crippen molar-refractivity contribution in [3.63, 3.8) is 0 Å². The van der Waals surface area contributed by atoms with Crippen molar-refractivity contribution in [3.8, 4) is 5.75 Å². The molecule has 0 amide bonds. The molecule has 1 aliphatic rings. The number of hydrogen-bond donors (Lipinski definition) is 2. The highest BCUT2D eigenvalue weighted by molar-refractivity contribution is 9.10. The fraction of sp³-hybridized carbons (Fsp3) is 0.500. The molecule has 1 aromatic rings. The van der Waals surface area contributed by atoms with Gasteiger partial charge in [0.05, 0.1) is 0 Å². The van der Waals surface area contributed by atoms with Crippen LogP contribution in [0.5, 0.6) is 5.75 Å². The van der Waals surface area contributed by atoms with E-state index in [1.807, 2.05) is 12.1 Å². The lowest BCUT2D eigenvalue weighted by molar-refractivity contribution is 0.239. The van der Waals surface area contributed by atoms with Crippen LogP contribution in [-0.4, -0.2) is 11.1 Å². The molecule has 0 unspecified atom stereocenters. The number of phenolic OH excluding ortho intramolecular Hbond substituents is 1. The SMILES string of the molecule is CC1CC(NCc2cc(Br)ccc2O)C1. The lowest BCUT2D eigenvalue weighted by atomic mass is 9.82. The maximum atomic E-state index is 9.63. The van der Waals surface area contributed by atoms with E-state index in [1.54, 1.807) is 6.07 Å². The van der Waals surface area contributed by atoms with Gasteiger partial charge in [-0.15, -0.1) is 0 Å². The molecule has 0 atom stereocenters. The fourth-order valence-electron chi connectivity index (χ4n) is 2.02. The van der Waals surface area contributed by atoms with E-state index < -0.39 is 0 Å². The molecule has 3 heteroatoms. The van der Waals surface area contributed by atoms with Gasteiger partial charge in [-0.05, 0) is 37.0 Å². The molecule has 2 rings (SSSR count). The van der Waals surface area contributed by atoms with Crippen molar-refractivity contribution < 1.29 is 5.11 Å². The van der Waals surface area contributed by atoms with Gasteiger partial charge >= 0.3 is 0 Å². The van der Waals surface area contributed by atoms with E-state index in [4.69, 9.17) is 0 Å². The molecule has 82 valence electrons. The predicted octanol–water partition coefficient (Wildman–Crippen LogP) is 3.04. The Balaban J connectivity index is 1.90. The first-order valence-corrected chi connectivity index (χ1v) is 6.15. The minimum absolute atomic E-state index is 0.373. The Morgan fingerprint density at radius 3 is 2.87 bits per heavy atom. The third-order valence-electron chi connectivity index (χ3n) is 3.00. The van der Waals surface area contributed by atoms with Crippen LogP contribution in [0.15, 0.2) is 22.7 Å². The number of aromatic hydroxyl groups is 1. The third kappa shape index (κ3) is 2.73. The monoisotopic (exact) mass is 269 g/mol. The van der Waals surface area contributed by atoms with Crippen molar-refractivity contribution in [3.05, 3.63) is 28.2 Å². The van der Waals surface area contributed by atoms with Gasteiger partial charge in [0, 0.05) is 22.6 Å². The number of phenols is 1. The molecule has 0 radical (unpaired) electrons. The normalized spacial score (nSPS) is 24.9. The Bertz CT molecular complexity index is 347. The van der Waals surface area contributed by atoms with Crippen LogP contribution < -0.4 is 5.32 Å². The zero-order valence-corrected chi connectivity index (χ0v) is 10.4. The molecule has 1 aliphatic carbocycles. The molecule has 1 fully saturated rings. The maximum absolute atomic E-state index is 9.63. The number of benzene rings is 1. The molecule has 1 aromatic carbocycles. The Hall–Kier alpha value is -0.540. The summed E-state index contributed by atoms with van der Waals surface area (Å²) in [5, 5.41) is 13.1. The fourth-order valence-corrected chi connectivity index (χ4v) is 2.43. The quantitative estimate of drug-likeness (QED) is 0.884. The average Bonchev–Trinajstić information content (AvgIpc) is 2.16. The minimum Gasteiger partial charge on any atom is -0.508 e. The van der Waals surface area contributed by atoms with Crippen LogP contribution in [0.25, 0.3) is 0 Å².